The second-order valence-corrected chi connectivity index (χ2v) is 6.02. The molecule has 5 nitrogen and oxygen atoms in total. The van der Waals surface area contributed by atoms with Crippen LogP contribution in [0.4, 0.5) is 13.2 Å². The average Bonchev–Trinajstić information content (AvgIpc) is 2.33. The van der Waals surface area contributed by atoms with Gasteiger partial charge in [0.25, 0.3) is 0 Å². The van der Waals surface area contributed by atoms with Crippen LogP contribution in [0.2, 0.25) is 0 Å². The molecule has 0 saturated carbocycles. The Morgan fingerprint density at radius 3 is 1.95 bits per heavy atom. The Hall–Kier alpha value is -1.61. The number of rotatable bonds is 6. The van der Waals surface area contributed by atoms with Gasteiger partial charge in [-0.15, -0.1) is 0 Å². The van der Waals surface area contributed by atoms with Crippen LogP contribution in [-0.2, 0) is 14.8 Å². The predicted octanol–water partition coefficient (Wildman–Crippen LogP) is 2.03. The van der Waals surface area contributed by atoms with Gasteiger partial charge >= 0.3 is 5.97 Å². The molecule has 0 saturated heterocycles. The Kier molecular flexibility index (Phi) is 5.00. The molecule has 2 N–H and O–H groups in total. The molecule has 9 heteroatoms. The fraction of sp³-hybridized carbons (Fsp3) is 0.417. The van der Waals surface area contributed by atoms with Crippen molar-refractivity contribution >= 4 is 16.0 Å². The van der Waals surface area contributed by atoms with Crippen LogP contribution in [0, 0.1) is 17.5 Å². The van der Waals surface area contributed by atoms with Gasteiger partial charge in [-0.05, 0) is 12.8 Å². The third-order valence-electron chi connectivity index (χ3n) is 3.18. The molecule has 1 aromatic rings. The number of halogens is 3. The quantitative estimate of drug-likeness (QED) is 0.838. The smallest absolute Gasteiger partial charge is 0.324 e. The van der Waals surface area contributed by atoms with Gasteiger partial charge in [0, 0.05) is 12.1 Å². The minimum absolute atomic E-state index is 0.136. The van der Waals surface area contributed by atoms with Crippen LogP contribution >= 0.6 is 0 Å². The van der Waals surface area contributed by atoms with Crippen molar-refractivity contribution in [1.82, 2.24) is 4.72 Å². The van der Waals surface area contributed by atoms with Crippen molar-refractivity contribution in [2.24, 2.45) is 0 Å². The van der Waals surface area contributed by atoms with Gasteiger partial charge in [0.1, 0.15) is 23.0 Å². The van der Waals surface area contributed by atoms with Crippen molar-refractivity contribution in [2.75, 3.05) is 0 Å². The van der Waals surface area contributed by atoms with Gasteiger partial charge in [0.15, 0.2) is 4.90 Å². The summed E-state index contributed by atoms with van der Waals surface area (Å²) in [6, 6.07) is 0.413. The summed E-state index contributed by atoms with van der Waals surface area (Å²) < 4.78 is 65.8. The highest BCUT2D eigenvalue weighted by molar-refractivity contribution is 7.89. The summed E-state index contributed by atoms with van der Waals surface area (Å²) in [5, 5.41) is 9.14. The zero-order valence-electron chi connectivity index (χ0n) is 11.3. The first-order valence-electron chi connectivity index (χ1n) is 6.01. The molecule has 21 heavy (non-hydrogen) atoms. The van der Waals surface area contributed by atoms with E-state index in [2.05, 4.69) is 0 Å². The number of hydrogen-bond donors (Lipinski definition) is 2. The van der Waals surface area contributed by atoms with Crippen molar-refractivity contribution in [3.05, 3.63) is 29.6 Å². The molecule has 0 bridgehead atoms. The second kappa shape index (κ2) is 6.02. The predicted molar refractivity (Wildman–Crippen MR) is 67.6 cm³/mol. The molecule has 0 aliphatic heterocycles. The van der Waals surface area contributed by atoms with E-state index in [4.69, 9.17) is 5.11 Å². The van der Waals surface area contributed by atoms with E-state index in [-0.39, 0.29) is 25.0 Å². The Labute approximate surface area is 119 Å². The highest BCUT2D eigenvalue weighted by Crippen LogP contribution is 2.24. The lowest BCUT2D eigenvalue weighted by Gasteiger charge is -2.27. The van der Waals surface area contributed by atoms with Crippen molar-refractivity contribution in [1.29, 1.82) is 0 Å². The van der Waals surface area contributed by atoms with E-state index >= 15 is 0 Å². The number of carbonyl (C=O) groups is 1. The van der Waals surface area contributed by atoms with E-state index < -0.39 is 43.9 Å². The summed E-state index contributed by atoms with van der Waals surface area (Å²) in [6.07, 6.45) is -0.273. The lowest BCUT2D eigenvalue weighted by Crippen LogP contribution is -2.53. The van der Waals surface area contributed by atoms with Crippen molar-refractivity contribution in [2.45, 2.75) is 37.1 Å². The van der Waals surface area contributed by atoms with E-state index in [0.717, 1.165) is 0 Å². The first-order valence-corrected chi connectivity index (χ1v) is 7.50. The molecule has 0 fully saturated rings. The Morgan fingerprint density at radius 2 is 1.62 bits per heavy atom. The monoisotopic (exact) mass is 325 g/mol. The lowest BCUT2D eigenvalue weighted by molar-refractivity contribution is -0.144. The van der Waals surface area contributed by atoms with E-state index in [1.807, 2.05) is 0 Å². The summed E-state index contributed by atoms with van der Waals surface area (Å²) in [7, 11) is -4.81. The molecule has 0 unspecified atom stereocenters. The third kappa shape index (κ3) is 3.35. The van der Waals surface area contributed by atoms with Crippen LogP contribution in [0.15, 0.2) is 17.0 Å². The zero-order valence-corrected chi connectivity index (χ0v) is 12.1. The standard InChI is InChI=1S/C12H14F3NO4S/c1-3-12(4-2,11(17)18)16-21(19,20)10-8(14)5-7(13)6-9(10)15/h5-6,16H,3-4H2,1-2H3,(H,17,18). The largest absolute Gasteiger partial charge is 0.480 e. The minimum atomic E-state index is -4.81. The molecular weight excluding hydrogens is 311 g/mol. The molecule has 1 aromatic carbocycles. The van der Waals surface area contributed by atoms with Crippen molar-refractivity contribution in [3.8, 4) is 0 Å². The molecule has 0 radical (unpaired) electrons. The molecule has 0 atom stereocenters. The SMILES string of the molecule is CCC(CC)(NS(=O)(=O)c1c(F)cc(F)cc1F)C(=O)O. The normalized spacial score (nSPS) is 12.4. The number of carboxylic acid groups (broad SMARTS) is 1. The van der Waals surface area contributed by atoms with Gasteiger partial charge in [0.05, 0.1) is 0 Å². The van der Waals surface area contributed by atoms with E-state index in [1.165, 1.54) is 13.8 Å². The molecule has 0 heterocycles. The van der Waals surface area contributed by atoms with Gasteiger partial charge in [-0.2, -0.15) is 4.72 Å². The average molecular weight is 325 g/mol. The Morgan fingerprint density at radius 1 is 1.19 bits per heavy atom. The number of nitrogens with one attached hydrogen (secondary N) is 1. The summed E-state index contributed by atoms with van der Waals surface area (Å²) in [5.74, 6) is -6.02. The molecule has 0 aliphatic rings. The number of hydrogen-bond acceptors (Lipinski definition) is 3. The molecular formula is C12H14F3NO4S. The third-order valence-corrected chi connectivity index (χ3v) is 4.76. The summed E-state index contributed by atoms with van der Waals surface area (Å²) in [6.45, 7) is 2.83. The van der Waals surface area contributed by atoms with Gasteiger partial charge in [-0.3, -0.25) is 4.79 Å². The van der Waals surface area contributed by atoms with E-state index in [0.29, 0.717) is 0 Å². The number of benzene rings is 1. The zero-order chi connectivity index (χ0) is 16.4. The molecule has 0 aliphatic carbocycles. The fourth-order valence-corrected chi connectivity index (χ4v) is 3.46. The van der Waals surface area contributed by atoms with Crippen LogP contribution in [0.25, 0.3) is 0 Å². The molecule has 0 aromatic heterocycles. The maximum atomic E-state index is 13.5. The number of carboxylic acids is 1. The van der Waals surface area contributed by atoms with Gasteiger partial charge in [0.2, 0.25) is 10.0 Å². The van der Waals surface area contributed by atoms with Gasteiger partial charge in [-0.25, -0.2) is 21.6 Å². The van der Waals surface area contributed by atoms with Gasteiger partial charge in [-0.1, -0.05) is 13.8 Å². The van der Waals surface area contributed by atoms with Crippen LogP contribution in [0.1, 0.15) is 26.7 Å². The first kappa shape index (κ1) is 17.4. The molecule has 0 amide bonds. The second-order valence-electron chi connectivity index (χ2n) is 4.40. The molecule has 1 rings (SSSR count). The van der Waals surface area contributed by atoms with Gasteiger partial charge < -0.3 is 5.11 Å². The van der Waals surface area contributed by atoms with E-state index in [1.54, 1.807) is 4.72 Å². The first-order chi connectivity index (χ1) is 9.59. The van der Waals surface area contributed by atoms with Crippen LogP contribution in [0.3, 0.4) is 0 Å². The van der Waals surface area contributed by atoms with Crippen LogP contribution in [-0.4, -0.2) is 25.0 Å². The number of aliphatic carboxylic acids is 1. The maximum absolute atomic E-state index is 13.5. The Balaban J connectivity index is 3.40. The maximum Gasteiger partial charge on any atom is 0.324 e. The molecule has 118 valence electrons. The Bertz CT molecular complexity index is 633. The minimum Gasteiger partial charge on any atom is -0.480 e. The molecule has 0 spiro atoms. The highest BCUT2D eigenvalue weighted by Gasteiger charge is 2.41. The highest BCUT2D eigenvalue weighted by atomic mass is 32.2. The van der Waals surface area contributed by atoms with Crippen molar-refractivity contribution < 1.29 is 31.5 Å². The fourth-order valence-electron chi connectivity index (χ4n) is 1.83. The van der Waals surface area contributed by atoms with E-state index in [9.17, 15) is 26.4 Å². The summed E-state index contributed by atoms with van der Waals surface area (Å²) >= 11 is 0. The van der Waals surface area contributed by atoms with Crippen LogP contribution < -0.4 is 4.72 Å². The number of sulfonamides is 1. The summed E-state index contributed by atoms with van der Waals surface area (Å²) in [4.78, 5) is 9.84. The summed E-state index contributed by atoms with van der Waals surface area (Å²) in [5.41, 5.74) is -1.90. The topological polar surface area (TPSA) is 83.5 Å². The van der Waals surface area contributed by atoms with Crippen LogP contribution in [0.5, 0.6) is 0 Å². The van der Waals surface area contributed by atoms with Crippen molar-refractivity contribution in [3.63, 3.8) is 0 Å². The lowest BCUT2D eigenvalue weighted by atomic mass is 9.95.